The molecule has 3 aromatic rings. The molecule has 0 fully saturated rings. The number of benzene rings is 1. The number of para-hydroxylation sites is 1. The summed E-state index contributed by atoms with van der Waals surface area (Å²) in [6, 6.07) is 10.7. The van der Waals surface area contributed by atoms with Gasteiger partial charge in [-0.1, -0.05) is 35.6 Å². The Labute approximate surface area is 193 Å². The van der Waals surface area contributed by atoms with E-state index in [1.807, 2.05) is 61.7 Å². The number of ether oxygens (including phenoxy) is 2. The Morgan fingerprint density at radius 3 is 2.72 bits per heavy atom. The molecule has 0 aliphatic carbocycles. The molecule has 3 heterocycles. The van der Waals surface area contributed by atoms with Crippen LogP contribution in [0.1, 0.15) is 44.2 Å². The summed E-state index contributed by atoms with van der Waals surface area (Å²) in [6.07, 6.45) is 1.80. The van der Waals surface area contributed by atoms with Crippen LogP contribution in [-0.4, -0.2) is 23.2 Å². The van der Waals surface area contributed by atoms with Crippen molar-refractivity contribution in [2.45, 2.75) is 39.8 Å². The van der Waals surface area contributed by atoms with Crippen molar-refractivity contribution >= 4 is 34.7 Å². The summed E-state index contributed by atoms with van der Waals surface area (Å²) in [5.41, 5.74) is 1.42. The highest BCUT2D eigenvalue weighted by molar-refractivity contribution is 7.11. The van der Waals surface area contributed by atoms with Crippen molar-refractivity contribution < 1.29 is 14.3 Å². The fourth-order valence-corrected chi connectivity index (χ4v) is 5.43. The summed E-state index contributed by atoms with van der Waals surface area (Å²) in [4.78, 5) is 32.7. The number of hydrogen-bond acceptors (Lipinski definition) is 7. The molecule has 0 amide bonds. The minimum atomic E-state index is -0.689. The van der Waals surface area contributed by atoms with Crippen molar-refractivity contribution in [1.82, 2.24) is 4.57 Å². The summed E-state index contributed by atoms with van der Waals surface area (Å²) >= 11 is 2.88. The average Bonchev–Trinajstić information content (AvgIpc) is 3.36. The molecule has 0 radical (unpaired) electrons. The molecule has 4 rings (SSSR count). The van der Waals surface area contributed by atoms with E-state index in [0.717, 1.165) is 10.4 Å². The maximum atomic E-state index is 13.6. The molecule has 1 aliphatic rings. The third-order valence-electron chi connectivity index (χ3n) is 4.91. The standard InChI is InChI=1S/C24H24N2O4S2/c1-5-29-23(28)20-15(4)25-24-26(22(27)19(32-24)13-16-9-8-12-31-16)21(20)17-10-6-7-11-18(17)30-14(2)3/h6-14,21H,5H2,1-4H3/b19-13+/t21-/m0/s1. The number of rotatable bonds is 6. The number of aromatic nitrogens is 1. The van der Waals surface area contributed by atoms with Crippen molar-refractivity contribution in [3.8, 4) is 5.75 Å². The highest BCUT2D eigenvalue weighted by Crippen LogP contribution is 2.36. The van der Waals surface area contributed by atoms with E-state index in [9.17, 15) is 9.59 Å². The van der Waals surface area contributed by atoms with Crippen molar-refractivity contribution in [3.63, 3.8) is 0 Å². The van der Waals surface area contributed by atoms with Gasteiger partial charge >= 0.3 is 5.97 Å². The maximum absolute atomic E-state index is 13.6. The van der Waals surface area contributed by atoms with Crippen molar-refractivity contribution in [2.75, 3.05) is 6.61 Å². The number of hydrogen-bond donors (Lipinski definition) is 0. The summed E-state index contributed by atoms with van der Waals surface area (Å²) in [7, 11) is 0. The van der Waals surface area contributed by atoms with Crippen LogP contribution < -0.4 is 19.6 Å². The number of thiazole rings is 1. The lowest BCUT2D eigenvalue weighted by atomic mass is 9.95. The first-order chi connectivity index (χ1) is 15.4. The second-order valence-corrected chi connectivity index (χ2v) is 9.51. The minimum Gasteiger partial charge on any atom is -0.491 e. The SMILES string of the molecule is CCOC(=O)C1=C(C)N=c2s/c(=C/c3cccs3)c(=O)n2[C@H]1c1ccccc1OC(C)C. The predicted molar refractivity (Wildman–Crippen MR) is 127 cm³/mol. The highest BCUT2D eigenvalue weighted by Gasteiger charge is 2.35. The molecule has 166 valence electrons. The van der Waals surface area contributed by atoms with Gasteiger partial charge in [-0.2, -0.15) is 0 Å². The van der Waals surface area contributed by atoms with E-state index < -0.39 is 12.0 Å². The normalized spacial score (nSPS) is 16.2. The van der Waals surface area contributed by atoms with Crippen molar-refractivity contribution in [3.05, 3.63) is 83.2 Å². The average molecular weight is 469 g/mol. The van der Waals surface area contributed by atoms with E-state index >= 15 is 0 Å². The summed E-state index contributed by atoms with van der Waals surface area (Å²) in [5.74, 6) is 0.141. The van der Waals surface area contributed by atoms with Crippen LogP contribution in [0.4, 0.5) is 0 Å². The number of fused-ring (bicyclic) bond motifs is 1. The molecule has 1 aliphatic heterocycles. The Kier molecular flexibility index (Phi) is 6.43. The Morgan fingerprint density at radius 1 is 1.25 bits per heavy atom. The van der Waals surface area contributed by atoms with Crippen LogP contribution in [0.3, 0.4) is 0 Å². The molecule has 1 atom stereocenters. The molecular formula is C24H24N2O4S2. The zero-order chi connectivity index (χ0) is 22.8. The molecule has 0 unspecified atom stereocenters. The van der Waals surface area contributed by atoms with Crippen LogP contribution in [-0.2, 0) is 9.53 Å². The monoisotopic (exact) mass is 468 g/mol. The Morgan fingerprint density at radius 2 is 2.03 bits per heavy atom. The smallest absolute Gasteiger partial charge is 0.338 e. The second-order valence-electron chi connectivity index (χ2n) is 7.52. The van der Waals surface area contributed by atoms with Gasteiger partial charge in [0.15, 0.2) is 4.80 Å². The molecule has 6 nitrogen and oxygen atoms in total. The van der Waals surface area contributed by atoms with Crippen LogP contribution in [0.15, 0.2) is 62.8 Å². The lowest BCUT2D eigenvalue weighted by Crippen LogP contribution is -2.40. The van der Waals surface area contributed by atoms with Crippen LogP contribution in [0.25, 0.3) is 6.08 Å². The minimum absolute atomic E-state index is 0.0677. The molecule has 0 N–H and O–H groups in total. The summed E-state index contributed by atoms with van der Waals surface area (Å²) in [5, 5.41) is 1.97. The fraction of sp³-hybridized carbons (Fsp3) is 0.292. The van der Waals surface area contributed by atoms with Crippen molar-refractivity contribution in [2.24, 2.45) is 4.99 Å². The van der Waals surface area contributed by atoms with Gasteiger partial charge in [-0.25, -0.2) is 9.79 Å². The van der Waals surface area contributed by atoms with E-state index in [-0.39, 0.29) is 18.3 Å². The third-order valence-corrected chi connectivity index (χ3v) is 6.71. The maximum Gasteiger partial charge on any atom is 0.338 e. The van der Waals surface area contributed by atoms with Gasteiger partial charge in [-0.05, 0) is 51.3 Å². The van der Waals surface area contributed by atoms with Crippen LogP contribution >= 0.6 is 22.7 Å². The van der Waals surface area contributed by atoms with Gasteiger partial charge in [0.05, 0.1) is 28.5 Å². The Balaban J connectivity index is 1.99. The van der Waals surface area contributed by atoms with Gasteiger partial charge in [0, 0.05) is 10.4 Å². The molecule has 0 saturated carbocycles. The lowest BCUT2D eigenvalue weighted by Gasteiger charge is -2.26. The van der Waals surface area contributed by atoms with Gasteiger partial charge in [0.2, 0.25) is 0 Å². The molecule has 8 heteroatoms. The van der Waals surface area contributed by atoms with Crippen LogP contribution in [0.2, 0.25) is 0 Å². The molecule has 0 saturated heterocycles. The number of esters is 1. The fourth-order valence-electron chi connectivity index (χ4n) is 3.66. The van der Waals surface area contributed by atoms with E-state index in [0.29, 0.717) is 26.4 Å². The number of carbonyl (C=O) groups excluding carboxylic acids is 1. The second kappa shape index (κ2) is 9.26. The van der Waals surface area contributed by atoms with Crippen LogP contribution in [0.5, 0.6) is 5.75 Å². The van der Waals surface area contributed by atoms with E-state index in [2.05, 4.69) is 4.99 Å². The molecule has 0 spiro atoms. The predicted octanol–water partition coefficient (Wildman–Crippen LogP) is 3.65. The summed E-state index contributed by atoms with van der Waals surface area (Å²) in [6.45, 7) is 7.65. The van der Waals surface area contributed by atoms with Gasteiger partial charge < -0.3 is 9.47 Å². The highest BCUT2D eigenvalue weighted by atomic mass is 32.1. The first kappa shape index (κ1) is 22.2. The molecule has 1 aromatic carbocycles. The number of thiophene rings is 1. The Bertz CT molecular complexity index is 1350. The molecule has 32 heavy (non-hydrogen) atoms. The summed E-state index contributed by atoms with van der Waals surface area (Å²) < 4.78 is 13.6. The van der Waals surface area contributed by atoms with E-state index in [4.69, 9.17) is 9.47 Å². The number of allylic oxidation sites excluding steroid dienone is 1. The zero-order valence-corrected chi connectivity index (χ0v) is 20.0. The van der Waals surface area contributed by atoms with Crippen molar-refractivity contribution in [1.29, 1.82) is 0 Å². The van der Waals surface area contributed by atoms with E-state index in [1.165, 1.54) is 11.3 Å². The topological polar surface area (TPSA) is 69.9 Å². The quantitative estimate of drug-likeness (QED) is 0.518. The first-order valence-electron chi connectivity index (χ1n) is 10.4. The third kappa shape index (κ3) is 4.20. The molecule has 0 bridgehead atoms. The van der Waals surface area contributed by atoms with E-state index in [1.54, 1.807) is 29.8 Å². The Hall–Kier alpha value is -2.97. The molecular weight excluding hydrogens is 444 g/mol. The van der Waals surface area contributed by atoms with Gasteiger partial charge in [-0.15, -0.1) is 11.3 Å². The number of nitrogens with zero attached hydrogens (tertiary/aromatic N) is 2. The number of carbonyl (C=O) groups is 1. The zero-order valence-electron chi connectivity index (χ0n) is 18.3. The molecule has 2 aromatic heterocycles. The van der Waals surface area contributed by atoms with Crippen LogP contribution in [0, 0.1) is 0 Å². The van der Waals surface area contributed by atoms with Gasteiger partial charge in [-0.3, -0.25) is 9.36 Å². The lowest BCUT2D eigenvalue weighted by molar-refractivity contribution is -0.139. The van der Waals surface area contributed by atoms with Gasteiger partial charge in [0.1, 0.15) is 11.8 Å². The first-order valence-corrected chi connectivity index (χ1v) is 12.1. The van der Waals surface area contributed by atoms with Gasteiger partial charge in [0.25, 0.3) is 5.56 Å². The largest absolute Gasteiger partial charge is 0.491 e.